The summed E-state index contributed by atoms with van der Waals surface area (Å²) in [6, 6.07) is 18.0. The van der Waals surface area contributed by atoms with E-state index in [4.69, 9.17) is 18.3 Å². The van der Waals surface area contributed by atoms with Crippen LogP contribution in [0.1, 0.15) is 16.1 Å². The van der Waals surface area contributed by atoms with Gasteiger partial charge < -0.3 is 23.6 Å². The maximum Gasteiger partial charge on any atom is 0.257 e. The quantitative estimate of drug-likeness (QED) is 0.520. The summed E-state index contributed by atoms with van der Waals surface area (Å²) < 4.78 is 21.9. The van der Waals surface area contributed by atoms with E-state index < -0.39 is 0 Å². The minimum atomic E-state index is -0.325. The number of ether oxygens (including phenoxy) is 2. The van der Waals surface area contributed by atoms with Crippen molar-refractivity contribution in [3.05, 3.63) is 83.8 Å². The van der Waals surface area contributed by atoms with Gasteiger partial charge in [-0.2, -0.15) is 0 Å². The molecule has 1 N–H and O–H groups in total. The summed E-state index contributed by atoms with van der Waals surface area (Å²) in [5.41, 5.74) is 1.64. The Morgan fingerprint density at radius 2 is 1.77 bits per heavy atom. The summed E-state index contributed by atoms with van der Waals surface area (Å²) in [6.45, 7) is 0.255. The SMILES string of the molecule is COc1cc(N=c2oc3ccccc3cc2C(=O)NCc2ccco2)cc(OC)c1. The molecule has 4 rings (SSSR count). The molecule has 0 unspecified atom stereocenters. The number of methoxy groups -OCH3 is 2. The molecule has 1 amide bonds. The van der Waals surface area contributed by atoms with Gasteiger partial charge in [0.1, 0.15) is 28.4 Å². The van der Waals surface area contributed by atoms with E-state index in [1.807, 2.05) is 24.3 Å². The highest BCUT2D eigenvalue weighted by molar-refractivity contribution is 5.96. The van der Waals surface area contributed by atoms with Crippen LogP contribution in [0.4, 0.5) is 5.69 Å². The Balaban J connectivity index is 1.80. The molecule has 0 fully saturated rings. The Hall–Kier alpha value is -4.00. The maximum atomic E-state index is 12.9. The Morgan fingerprint density at radius 3 is 2.47 bits per heavy atom. The van der Waals surface area contributed by atoms with Gasteiger partial charge in [0.15, 0.2) is 0 Å². The van der Waals surface area contributed by atoms with Crippen molar-refractivity contribution in [2.24, 2.45) is 4.99 Å². The molecule has 7 nitrogen and oxygen atoms in total. The van der Waals surface area contributed by atoms with Gasteiger partial charge in [-0.1, -0.05) is 18.2 Å². The molecule has 7 heteroatoms. The van der Waals surface area contributed by atoms with Gasteiger partial charge in [-0.3, -0.25) is 4.79 Å². The van der Waals surface area contributed by atoms with Gasteiger partial charge >= 0.3 is 0 Å². The minimum absolute atomic E-state index is 0.181. The average molecular weight is 404 g/mol. The number of nitrogens with zero attached hydrogens (tertiary/aromatic N) is 1. The normalized spacial score (nSPS) is 11.5. The van der Waals surface area contributed by atoms with Crippen LogP contribution in [0.5, 0.6) is 11.5 Å². The van der Waals surface area contributed by atoms with E-state index in [1.54, 1.807) is 56.9 Å². The van der Waals surface area contributed by atoms with Gasteiger partial charge in [-0.25, -0.2) is 4.99 Å². The third kappa shape index (κ3) is 4.20. The molecule has 0 atom stereocenters. The lowest BCUT2D eigenvalue weighted by molar-refractivity contribution is 0.0944. The number of fused-ring (bicyclic) bond motifs is 1. The van der Waals surface area contributed by atoms with Crippen LogP contribution in [0.15, 0.2) is 80.8 Å². The topological polar surface area (TPSA) is 86.2 Å². The number of carbonyl (C=O) groups excluding carboxylic acids is 1. The second kappa shape index (κ2) is 8.57. The Morgan fingerprint density at radius 1 is 1.00 bits per heavy atom. The van der Waals surface area contributed by atoms with Crippen LogP contribution >= 0.6 is 0 Å². The second-order valence-electron chi connectivity index (χ2n) is 6.45. The van der Waals surface area contributed by atoms with E-state index in [-0.39, 0.29) is 18.0 Å². The number of carbonyl (C=O) groups is 1. The summed E-state index contributed by atoms with van der Waals surface area (Å²) in [6.07, 6.45) is 1.56. The molecule has 0 aliphatic carbocycles. The fourth-order valence-corrected chi connectivity index (χ4v) is 2.96. The van der Waals surface area contributed by atoms with E-state index in [1.165, 1.54) is 0 Å². The number of benzene rings is 2. The van der Waals surface area contributed by atoms with Crippen LogP contribution in [0.2, 0.25) is 0 Å². The summed E-state index contributed by atoms with van der Waals surface area (Å²) in [4.78, 5) is 17.5. The summed E-state index contributed by atoms with van der Waals surface area (Å²) in [5, 5.41) is 3.63. The van der Waals surface area contributed by atoms with Crippen LogP contribution in [0.3, 0.4) is 0 Å². The van der Waals surface area contributed by atoms with Gasteiger partial charge in [0.05, 0.1) is 32.7 Å². The highest BCUT2D eigenvalue weighted by atomic mass is 16.5. The molecular formula is C23H20N2O5. The van der Waals surface area contributed by atoms with Gasteiger partial charge in [-0.15, -0.1) is 0 Å². The van der Waals surface area contributed by atoms with Crippen molar-refractivity contribution in [1.82, 2.24) is 5.32 Å². The van der Waals surface area contributed by atoms with E-state index in [0.29, 0.717) is 34.1 Å². The lowest BCUT2D eigenvalue weighted by Gasteiger charge is -2.07. The minimum Gasteiger partial charge on any atom is -0.497 e. The van der Waals surface area contributed by atoms with E-state index in [9.17, 15) is 4.79 Å². The molecule has 2 aromatic carbocycles. The predicted molar refractivity (Wildman–Crippen MR) is 111 cm³/mol. The van der Waals surface area contributed by atoms with Crippen LogP contribution in [-0.4, -0.2) is 20.1 Å². The molecule has 152 valence electrons. The summed E-state index contributed by atoms with van der Waals surface area (Å²) in [5.74, 6) is 1.49. The number of rotatable bonds is 6. The maximum absolute atomic E-state index is 12.9. The van der Waals surface area contributed by atoms with Crippen molar-refractivity contribution in [2.75, 3.05) is 14.2 Å². The predicted octanol–water partition coefficient (Wildman–Crippen LogP) is 4.21. The van der Waals surface area contributed by atoms with Crippen molar-refractivity contribution in [3.8, 4) is 11.5 Å². The van der Waals surface area contributed by atoms with Crippen molar-refractivity contribution in [3.63, 3.8) is 0 Å². The van der Waals surface area contributed by atoms with Gasteiger partial charge in [0.2, 0.25) is 5.55 Å². The highest BCUT2D eigenvalue weighted by Crippen LogP contribution is 2.27. The number of para-hydroxylation sites is 1. The number of amides is 1. The van der Waals surface area contributed by atoms with Gasteiger partial charge in [0, 0.05) is 23.6 Å². The molecule has 0 saturated heterocycles. The largest absolute Gasteiger partial charge is 0.497 e. The molecule has 0 spiro atoms. The third-order valence-electron chi connectivity index (χ3n) is 4.47. The first kappa shape index (κ1) is 19.3. The molecule has 2 aromatic heterocycles. The van der Waals surface area contributed by atoms with Gasteiger partial charge in [-0.05, 0) is 24.3 Å². The van der Waals surface area contributed by atoms with Crippen molar-refractivity contribution < 1.29 is 23.1 Å². The number of hydrogen-bond donors (Lipinski definition) is 1. The van der Waals surface area contributed by atoms with E-state index in [2.05, 4.69) is 10.3 Å². The van der Waals surface area contributed by atoms with E-state index in [0.717, 1.165) is 5.39 Å². The zero-order chi connectivity index (χ0) is 20.9. The Bertz CT molecular complexity index is 1220. The van der Waals surface area contributed by atoms with E-state index >= 15 is 0 Å². The zero-order valence-corrected chi connectivity index (χ0v) is 16.5. The first-order valence-electron chi connectivity index (χ1n) is 9.27. The number of furan rings is 1. The molecule has 0 bridgehead atoms. The molecule has 0 aliphatic heterocycles. The number of nitrogens with one attached hydrogen (secondary N) is 1. The van der Waals surface area contributed by atoms with Crippen molar-refractivity contribution in [1.29, 1.82) is 0 Å². The molecule has 0 aliphatic rings. The molecular weight excluding hydrogens is 384 g/mol. The van der Waals surface area contributed by atoms with Crippen molar-refractivity contribution in [2.45, 2.75) is 6.54 Å². The molecule has 0 saturated carbocycles. The Labute approximate surface area is 172 Å². The first-order chi connectivity index (χ1) is 14.7. The number of hydrogen-bond acceptors (Lipinski definition) is 6. The summed E-state index contributed by atoms with van der Waals surface area (Å²) in [7, 11) is 3.12. The average Bonchev–Trinajstić information content (AvgIpc) is 3.30. The third-order valence-corrected chi connectivity index (χ3v) is 4.47. The molecule has 2 heterocycles. The monoisotopic (exact) mass is 404 g/mol. The van der Waals surface area contributed by atoms with Crippen LogP contribution < -0.4 is 20.3 Å². The second-order valence-corrected chi connectivity index (χ2v) is 6.45. The fraction of sp³-hybridized carbons (Fsp3) is 0.130. The smallest absolute Gasteiger partial charge is 0.257 e. The van der Waals surface area contributed by atoms with Crippen LogP contribution in [0.25, 0.3) is 11.0 Å². The van der Waals surface area contributed by atoms with Crippen LogP contribution in [-0.2, 0) is 6.54 Å². The highest BCUT2D eigenvalue weighted by Gasteiger charge is 2.13. The summed E-state index contributed by atoms with van der Waals surface area (Å²) >= 11 is 0. The Kier molecular flexibility index (Phi) is 5.52. The molecule has 30 heavy (non-hydrogen) atoms. The molecule has 4 aromatic rings. The lowest BCUT2D eigenvalue weighted by atomic mass is 10.1. The van der Waals surface area contributed by atoms with Crippen LogP contribution in [0, 0.1) is 0 Å². The standard InChI is InChI=1S/C23H20N2O5/c1-27-18-11-16(12-19(13-18)28-2)25-23-20(10-15-6-3-4-8-21(15)30-23)22(26)24-14-17-7-5-9-29-17/h3-13H,14H2,1-2H3,(H,24,26). The molecule has 0 radical (unpaired) electrons. The van der Waals surface area contributed by atoms with Crippen molar-refractivity contribution >= 4 is 22.6 Å². The lowest BCUT2D eigenvalue weighted by Crippen LogP contribution is -2.28. The zero-order valence-electron chi connectivity index (χ0n) is 16.5. The van der Waals surface area contributed by atoms with Gasteiger partial charge in [0.25, 0.3) is 5.91 Å². The fourth-order valence-electron chi connectivity index (χ4n) is 2.96. The first-order valence-corrected chi connectivity index (χ1v) is 9.27.